The minimum atomic E-state index is -0.981. The molecule has 0 radical (unpaired) electrons. The summed E-state index contributed by atoms with van der Waals surface area (Å²) in [5, 5.41) is 15.2. The van der Waals surface area contributed by atoms with E-state index in [-0.39, 0.29) is 0 Å². The van der Waals surface area contributed by atoms with E-state index >= 15 is 0 Å². The maximum atomic E-state index is 9.25. The number of hydrogen-bond acceptors (Lipinski definition) is 4. The highest BCUT2D eigenvalue weighted by molar-refractivity contribution is 8.68. The summed E-state index contributed by atoms with van der Waals surface area (Å²) < 4.78 is 0. The fraction of sp³-hybridized carbons (Fsp3) is 0.250. The third-order valence-corrected chi connectivity index (χ3v) is 1.51. The maximum Gasteiger partial charge on any atom is 0.327 e. The summed E-state index contributed by atoms with van der Waals surface area (Å²) in [4.78, 5) is 18.5. The van der Waals surface area contributed by atoms with Gasteiger partial charge in [-0.2, -0.15) is 0 Å². The summed E-state index contributed by atoms with van der Waals surface area (Å²) in [5.41, 5.74) is 0. The monoisotopic (exact) mass is 238 g/mol. The van der Waals surface area contributed by atoms with Gasteiger partial charge in [-0.15, -0.1) is 11.7 Å². The van der Waals surface area contributed by atoms with E-state index in [1.807, 2.05) is 0 Å². The fourth-order valence-corrected chi connectivity index (χ4v) is 0. The van der Waals surface area contributed by atoms with Gasteiger partial charge in [0.15, 0.2) is 0 Å². The standard InChI is InChI=1S/2C3H4O2.C2H6S2/c2*1-2-3(4)5;1-2-4-3/h2*2H,1H2,(H,4,5);3H,2H2,1H3. The Balaban J connectivity index is -0.000000131. The predicted octanol–water partition coefficient (Wildman–Crippen LogP) is 2.10. The van der Waals surface area contributed by atoms with Gasteiger partial charge in [0.2, 0.25) is 0 Å². The molecule has 0 atom stereocenters. The van der Waals surface area contributed by atoms with Crippen molar-refractivity contribution in [3.8, 4) is 0 Å². The van der Waals surface area contributed by atoms with E-state index in [0.29, 0.717) is 0 Å². The molecule has 0 amide bonds. The minimum absolute atomic E-state index is 0.833. The van der Waals surface area contributed by atoms with Gasteiger partial charge >= 0.3 is 11.9 Å². The average molecular weight is 238 g/mol. The predicted molar refractivity (Wildman–Crippen MR) is 62.8 cm³/mol. The fourth-order valence-electron chi connectivity index (χ4n) is 0. The van der Waals surface area contributed by atoms with E-state index in [4.69, 9.17) is 10.2 Å². The van der Waals surface area contributed by atoms with Crippen LogP contribution >= 0.6 is 22.5 Å². The summed E-state index contributed by atoms with van der Waals surface area (Å²) in [5.74, 6) is -0.863. The molecule has 0 aromatic carbocycles. The topological polar surface area (TPSA) is 74.6 Å². The van der Waals surface area contributed by atoms with Gasteiger partial charge in [0, 0.05) is 17.9 Å². The first-order valence-electron chi connectivity index (χ1n) is 3.43. The van der Waals surface area contributed by atoms with Gasteiger partial charge in [0.1, 0.15) is 0 Å². The minimum Gasteiger partial charge on any atom is -0.478 e. The van der Waals surface area contributed by atoms with E-state index < -0.39 is 11.9 Å². The molecule has 14 heavy (non-hydrogen) atoms. The highest BCUT2D eigenvalue weighted by Crippen LogP contribution is 2.00. The van der Waals surface area contributed by atoms with Crippen LogP contribution < -0.4 is 0 Å². The molecule has 0 saturated heterocycles. The van der Waals surface area contributed by atoms with Crippen molar-refractivity contribution in [1.82, 2.24) is 0 Å². The summed E-state index contributed by atoms with van der Waals surface area (Å²) in [6.07, 6.45) is 1.67. The van der Waals surface area contributed by atoms with Crippen LogP contribution in [0.4, 0.5) is 0 Å². The highest BCUT2D eigenvalue weighted by Gasteiger charge is 1.73. The zero-order chi connectivity index (χ0) is 12.0. The molecule has 0 aromatic heterocycles. The number of rotatable bonds is 3. The molecule has 0 aliphatic heterocycles. The van der Waals surface area contributed by atoms with Crippen molar-refractivity contribution in [3.05, 3.63) is 25.3 Å². The lowest BCUT2D eigenvalue weighted by Gasteiger charge is -1.68. The van der Waals surface area contributed by atoms with Gasteiger partial charge in [-0.1, -0.05) is 30.9 Å². The SMILES string of the molecule is C=CC(=O)O.C=CC(=O)O.CCSS. The van der Waals surface area contributed by atoms with E-state index in [0.717, 1.165) is 17.9 Å². The summed E-state index contributed by atoms with van der Waals surface area (Å²) in [6, 6.07) is 0. The number of carbonyl (C=O) groups is 2. The van der Waals surface area contributed by atoms with Crippen molar-refractivity contribution >= 4 is 34.4 Å². The number of aliphatic carboxylic acids is 2. The van der Waals surface area contributed by atoms with Crippen molar-refractivity contribution in [2.75, 3.05) is 5.75 Å². The van der Waals surface area contributed by atoms with E-state index in [1.165, 1.54) is 0 Å². The van der Waals surface area contributed by atoms with Crippen LogP contribution in [0.3, 0.4) is 0 Å². The molecule has 0 aromatic rings. The largest absolute Gasteiger partial charge is 0.478 e. The van der Waals surface area contributed by atoms with Gasteiger partial charge < -0.3 is 10.2 Å². The zero-order valence-electron chi connectivity index (χ0n) is 7.84. The van der Waals surface area contributed by atoms with Gasteiger partial charge in [0.25, 0.3) is 0 Å². The van der Waals surface area contributed by atoms with Crippen LogP contribution in [0.1, 0.15) is 6.92 Å². The molecule has 0 saturated carbocycles. The Morgan fingerprint density at radius 3 is 1.43 bits per heavy atom. The molecule has 0 aliphatic carbocycles. The lowest BCUT2D eigenvalue weighted by atomic mass is 10.7. The smallest absolute Gasteiger partial charge is 0.327 e. The third-order valence-electron chi connectivity index (χ3n) is 0.478. The first-order valence-corrected chi connectivity index (χ1v) is 5.47. The molecule has 0 spiro atoms. The molecular weight excluding hydrogens is 224 g/mol. The maximum absolute atomic E-state index is 9.25. The van der Waals surface area contributed by atoms with Crippen molar-refractivity contribution < 1.29 is 19.8 Å². The molecule has 0 fully saturated rings. The van der Waals surface area contributed by atoms with Crippen LogP contribution in [0, 0.1) is 0 Å². The molecular formula is C8H14O4S2. The van der Waals surface area contributed by atoms with Crippen LogP contribution in [0.25, 0.3) is 0 Å². The van der Waals surface area contributed by atoms with Crippen LogP contribution in [0.15, 0.2) is 25.3 Å². The Labute approximate surface area is 92.5 Å². The molecule has 4 nitrogen and oxygen atoms in total. The first kappa shape index (κ1) is 18.8. The second-order valence-corrected chi connectivity index (χ2v) is 3.11. The number of hydrogen-bond donors (Lipinski definition) is 3. The van der Waals surface area contributed by atoms with E-state index in [1.54, 1.807) is 10.8 Å². The van der Waals surface area contributed by atoms with Crippen molar-refractivity contribution in [2.24, 2.45) is 0 Å². The first-order chi connectivity index (χ1) is 6.45. The van der Waals surface area contributed by atoms with Gasteiger partial charge in [-0.05, 0) is 0 Å². The molecule has 2 N–H and O–H groups in total. The average Bonchev–Trinajstić information content (AvgIpc) is 2.19. The molecule has 0 heterocycles. The van der Waals surface area contributed by atoms with Crippen molar-refractivity contribution in [3.63, 3.8) is 0 Å². The van der Waals surface area contributed by atoms with Crippen LogP contribution in [0.2, 0.25) is 0 Å². The Morgan fingerprint density at radius 2 is 1.43 bits per heavy atom. The third kappa shape index (κ3) is 67.1. The molecule has 0 rings (SSSR count). The molecule has 6 heteroatoms. The zero-order valence-corrected chi connectivity index (χ0v) is 9.55. The van der Waals surface area contributed by atoms with E-state index in [9.17, 15) is 9.59 Å². The lowest BCUT2D eigenvalue weighted by Crippen LogP contribution is -1.82. The highest BCUT2D eigenvalue weighted by atomic mass is 33.1. The Bertz CT molecular complexity index is 160. The number of thiol groups is 1. The normalized spacial score (nSPS) is 6.71. The molecule has 0 aliphatic rings. The van der Waals surface area contributed by atoms with Crippen LogP contribution in [-0.2, 0) is 9.59 Å². The summed E-state index contributed by atoms with van der Waals surface area (Å²) in [7, 11) is 1.55. The Kier molecular flexibility index (Phi) is 24.2. The summed E-state index contributed by atoms with van der Waals surface area (Å²) >= 11 is 3.84. The van der Waals surface area contributed by atoms with E-state index in [2.05, 4.69) is 31.7 Å². The second-order valence-electron chi connectivity index (χ2n) is 1.50. The van der Waals surface area contributed by atoms with Crippen molar-refractivity contribution in [2.45, 2.75) is 6.92 Å². The van der Waals surface area contributed by atoms with Crippen LogP contribution in [0.5, 0.6) is 0 Å². The van der Waals surface area contributed by atoms with Gasteiger partial charge in [-0.25, -0.2) is 9.59 Å². The molecule has 0 bridgehead atoms. The molecule has 0 unspecified atom stereocenters. The van der Waals surface area contributed by atoms with Crippen molar-refractivity contribution in [1.29, 1.82) is 0 Å². The molecule has 82 valence electrons. The van der Waals surface area contributed by atoms with Gasteiger partial charge in [-0.3, -0.25) is 0 Å². The second kappa shape index (κ2) is 18.0. The summed E-state index contributed by atoms with van der Waals surface area (Å²) in [6.45, 7) is 7.99. The van der Waals surface area contributed by atoms with Gasteiger partial charge in [0.05, 0.1) is 0 Å². The number of carboxylic acids is 2. The quantitative estimate of drug-likeness (QED) is 0.399. The Morgan fingerprint density at radius 1 is 1.29 bits per heavy atom. The van der Waals surface area contributed by atoms with Crippen LogP contribution in [-0.4, -0.2) is 27.9 Å². The lowest BCUT2D eigenvalue weighted by molar-refractivity contribution is -0.132. The number of carboxylic acid groups (broad SMARTS) is 2. The Hall–Kier alpha value is -0.880.